The van der Waals surface area contributed by atoms with Gasteiger partial charge in [-0.15, -0.1) is 0 Å². The van der Waals surface area contributed by atoms with E-state index < -0.39 is 5.60 Å². The Bertz CT molecular complexity index is 445. The number of carbonyl (C=O) groups is 1. The largest absolute Gasteiger partial charge is 0.381 e. The van der Waals surface area contributed by atoms with Gasteiger partial charge in [0.15, 0.2) is 5.78 Å². The lowest BCUT2D eigenvalue weighted by Gasteiger charge is -2.39. The first-order valence-electron chi connectivity index (χ1n) is 5.62. The minimum atomic E-state index is -1.32. The van der Waals surface area contributed by atoms with Crippen molar-refractivity contribution in [3.05, 3.63) is 35.6 Å². The molecule has 92 valence electrons. The van der Waals surface area contributed by atoms with E-state index >= 15 is 0 Å². The lowest BCUT2D eigenvalue weighted by Crippen LogP contribution is -2.52. The fraction of sp³-hybridized carbons (Fsp3) is 0.462. The van der Waals surface area contributed by atoms with Crippen molar-refractivity contribution in [1.29, 1.82) is 0 Å². The van der Waals surface area contributed by atoms with Gasteiger partial charge >= 0.3 is 0 Å². The maximum absolute atomic E-state index is 13.7. The molecule has 1 aromatic rings. The molecular weight excluding hydrogens is 221 g/mol. The van der Waals surface area contributed by atoms with Crippen LogP contribution in [0.5, 0.6) is 0 Å². The van der Waals surface area contributed by atoms with Crippen molar-refractivity contribution in [2.45, 2.75) is 25.0 Å². The zero-order valence-corrected chi connectivity index (χ0v) is 9.98. The number of carbonyl (C=O) groups excluding carboxylic acids is 1. The molecule has 0 unspecified atom stereocenters. The number of halogens is 1. The molecule has 0 saturated carbocycles. The van der Waals surface area contributed by atoms with Crippen LogP contribution >= 0.6 is 0 Å². The number of nitrogens with zero attached hydrogens (tertiary/aromatic N) is 1. The topological polar surface area (TPSA) is 40.5 Å². The zero-order valence-electron chi connectivity index (χ0n) is 9.98. The smallest absolute Gasteiger partial charge is 0.167 e. The molecule has 0 radical (unpaired) electrons. The van der Waals surface area contributed by atoms with Gasteiger partial charge in [0.05, 0.1) is 0 Å². The van der Waals surface area contributed by atoms with E-state index in [1.807, 2.05) is 4.90 Å². The number of likely N-dealkylation sites (N-methyl/N-ethyl adjacent to an activating group) is 1. The molecule has 17 heavy (non-hydrogen) atoms. The highest BCUT2D eigenvalue weighted by Gasteiger charge is 2.41. The van der Waals surface area contributed by atoms with E-state index in [0.717, 1.165) is 0 Å². The van der Waals surface area contributed by atoms with Gasteiger partial charge in [0.2, 0.25) is 0 Å². The second-order valence-electron chi connectivity index (χ2n) is 4.85. The molecule has 0 aromatic heterocycles. The highest BCUT2D eigenvalue weighted by atomic mass is 19.1. The number of β-amino-alcohol motifs (C(OH)–C–C–N with tert-alkyl or cyclic N) is 1. The molecule has 1 fully saturated rings. The fourth-order valence-corrected chi connectivity index (χ4v) is 2.33. The van der Waals surface area contributed by atoms with Crippen LogP contribution in [0.1, 0.15) is 24.9 Å². The van der Waals surface area contributed by atoms with Gasteiger partial charge in [0.1, 0.15) is 11.4 Å². The van der Waals surface area contributed by atoms with Crippen molar-refractivity contribution >= 4 is 5.78 Å². The highest BCUT2D eigenvalue weighted by Crippen LogP contribution is 2.32. The Balaban J connectivity index is 2.30. The molecule has 0 bridgehead atoms. The van der Waals surface area contributed by atoms with Gasteiger partial charge in [-0.2, -0.15) is 0 Å². The Morgan fingerprint density at radius 1 is 1.47 bits per heavy atom. The number of aliphatic hydroxyl groups is 1. The third-order valence-corrected chi connectivity index (χ3v) is 3.33. The first-order chi connectivity index (χ1) is 7.92. The van der Waals surface area contributed by atoms with Crippen LogP contribution in [-0.2, 0) is 4.79 Å². The quantitative estimate of drug-likeness (QED) is 0.805. The van der Waals surface area contributed by atoms with Crippen molar-refractivity contribution < 1.29 is 14.3 Å². The summed E-state index contributed by atoms with van der Waals surface area (Å²) in [5.41, 5.74) is -0.810. The van der Waals surface area contributed by atoms with E-state index in [2.05, 4.69) is 0 Å². The summed E-state index contributed by atoms with van der Waals surface area (Å²) in [7, 11) is 1.79. The molecule has 1 N–H and O–H groups in total. The van der Waals surface area contributed by atoms with Crippen molar-refractivity contribution in [3.63, 3.8) is 0 Å². The van der Waals surface area contributed by atoms with Crippen LogP contribution in [0.25, 0.3) is 0 Å². The van der Waals surface area contributed by atoms with Crippen LogP contribution in [0.2, 0.25) is 0 Å². The molecule has 0 aliphatic carbocycles. The number of piperidine rings is 1. The number of likely N-dealkylation sites (tertiary alicyclic amines) is 1. The van der Waals surface area contributed by atoms with E-state index in [-0.39, 0.29) is 30.6 Å². The van der Waals surface area contributed by atoms with E-state index in [9.17, 15) is 14.3 Å². The Kier molecular flexibility index (Phi) is 3.02. The first kappa shape index (κ1) is 12.2. The molecule has 1 aliphatic rings. The summed E-state index contributed by atoms with van der Waals surface area (Å²) in [4.78, 5) is 13.6. The number of benzene rings is 1. The third-order valence-electron chi connectivity index (χ3n) is 3.33. The van der Waals surface area contributed by atoms with Crippen LogP contribution in [0.3, 0.4) is 0 Å². The molecule has 1 saturated heterocycles. The second-order valence-corrected chi connectivity index (χ2v) is 4.85. The average molecular weight is 237 g/mol. The maximum Gasteiger partial charge on any atom is 0.167 e. The van der Waals surface area contributed by atoms with Gasteiger partial charge in [0, 0.05) is 24.6 Å². The standard InChI is InChI=1S/C13H16FNO2/c1-13(17)8-15(2)11(7-12(13)16)9-5-3-4-6-10(9)14/h3-6,11,17H,7-8H2,1-2H3/t11-,13+/m0/s1. The van der Waals surface area contributed by atoms with E-state index in [4.69, 9.17) is 0 Å². The maximum atomic E-state index is 13.7. The van der Waals surface area contributed by atoms with Crippen LogP contribution < -0.4 is 0 Å². The molecule has 1 aromatic carbocycles. The normalized spacial score (nSPS) is 30.6. The number of rotatable bonds is 1. The zero-order chi connectivity index (χ0) is 12.6. The van der Waals surface area contributed by atoms with Crippen LogP contribution in [0.4, 0.5) is 4.39 Å². The SMILES string of the molecule is CN1C[C@@](C)(O)C(=O)C[C@H]1c1ccccc1F. The Morgan fingerprint density at radius 3 is 2.76 bits per heavy atom. The van der Waals surface area contributed by atoms with Crippen molar-refractivity contribution in [1.82, 2.24) is 4.90 Å². The van der Waals surface area contributed by atoms with Crippen LogP contribution in [-0.4, -0.2) is 35.0 Å². The minimum Gasteiger partial charge on any atom is -0.381 e. The lowest BCUT2D eigenvalue weighted by molar-refractivity contribution is -0.144. The van der Waals surface area contributed by atoms with Gasteiger partial charge < -0.3 is 5.11 Å². The summed E-state index contributed by atoms with van der Waals surface area (Å²) in [6.45, 7) is 1.73. The Labute approximate surface area is 99.9 Å². The van der Waals surface area contributed by atoms with E-state index in [1.165, 1.54) is 13.0 Å². The first-order valence-corrected chi connectivity index (χ1v) is 5.62. The summed E-state index contributed by atoms with van der Waals surface area (Å²) >= 11 is 0. The number of ketones is 1. The van der Waals surface area contributed by atoms with Crippen molar-refractivity contribution in [3.8, 4) is 0 Å². The predicted molar refractivity (Wildman–Crippen MR) is 62.0 cm³/mol. The van der Waals surface area contributed by atoms with Crippen LogP contribution in [0, 0.1) is 5.82 Å². The summed E-state index contributed by atoms with van der Waals surface area (Å²) < 4.78 is 13.7. The molecular formula is C13H16FNO2. The number of Topliss-reactive ketones (excluding diaryl/α,β-unsaturated/α-hetero) is 1. The molecule has 2 atom stereocenters. The van der Waals surface area contributed by atoms with Crippen LogP contribution in [0.15, 0.2) is 24.3 Å². The van der Waals surface area contributed by atoms with Gasteiger partial charge in [-0.25, -0.2) is 4.39 Å². The molecule has 1 aliphatic heterocycles. The van der Waals surface area contributed by atoms with E-state index in [0.29, 0.717) is 5.56 Å². The summed E-state index contributed by atoms with van der Waals surface area (Å²) in [6.07, 6.45) is 0.143. The monoisotopic (exact) mass is 237 g/mol. The number of hydrogen-bond donors (Lipinski definition) is 1. The van der Waals surface area contributed by atoms with Crippen molar-refractivity contribution in [2.75, 3.05) is 13.6 Å². The van der Waals surface area contributed by atoms with E-state index in [1.54, 1.807) is 25.2 Å². The Morgan fingerprint density at radius 2 is 2.12 bits per heavy atom. The third kappa shape index (κ3) is 2.23. The molecule has 2 rings (SSSR count). The van der Waals surface area contributed by atoms with Gasteiger partial charge in [-0.1, -0.05) is 18.2 Å². The minimum absolute atomic E-state index is 0.143. The van der Waals surface area contributed by atoms with Gasteiger partial charge in [0.25, 0.3) is 0 Å². The second kappa shape index (κ2) is 4.20. The predicted octanol–water partition coefficient (Wildman–Crippen LogP) is 1.52. The molecule has 4 heteroatoms. The lowest BCUT2D eigenvalue weighted by atomic mass is 9.86. The summed E-state index contributed by atoms with van der Waals surface area (Å²) in [5.74, 6) is -0.539. The average Bonchev–Trinajstić information content (AvgIpc) is 2.24. The van der Waals surface area contributed by atoms with Gasteiger partial charge in [-0.3, -0.25) is 9.69 Å². The molecule has 0 spiro atoms. The molecule has 1 heterocycles. The summed E-state index contributed by atoms with van der Waals surface area (Å²) in [6, 6.07) is 6.16. The van der Waals surface area contributed by atoms with Gasteiger partial charge in [-0.05, 0) is 20.0 Å². The van der Waals surface area contributed by atoms with Crippen molar-refractivity contribution in [2.24, 2.45) is 0 Å². The molecule has 0 amide bonds. The summed E-state index contributed by atoms with van der Waals surface area (Å²) in [5, 5.41) is 9.86. The molecule has 3 nitrogen and oxygen atoms in total. The highest BCUT2D eigenvalue weighted by molar-refractivity contribution is 5.88. The Hall–Kier alpha value is -1.26. The number of hydrogen-bond acceptors (Lipinski definition) is 3. The fourth-order valence-electron chi connectivity index (χ4n) is 2.33.